The second-order valence-corrected chi connectivity index (χ2v) is 5.97. The van der Waals surface area contributed by atoms with Gasteiger partial charge in [-0.3, -0.25) is 14.5 Å². The third-order valence-corrected chi connectivity index (χ3v) is 3.82. The number of hydrogen-bond donors (Lipinski definition) is 1. The Kier molecular flexibility index (Phi) is 7.77. The van der Waals surface area contributed by atoms with Crippen LogP contribution in [0.5, 0.6) is 0 Å². The largest absolute Gasteiger partial charge is 0.355 e. The van der Waals surface area contributed by atoms with E-state index in [0.717, 1.165) is 32.7 Å². The van der Waals surface area contributed by atoms with E-state index in [1.807, 2.05) is 13.8 Å². The second kappa shape index (κ2) is 9.08. The first-order valence-corrected chi connectivity index (χ1v) is 7.69. The number of hydrogen-bond acceptors (Lipinski definition) is 4. The molecule has 1 heterocycles. The number of ketones is 1. The lowest BCUT2D eigenvalue weighted by atomic mass is 10.0. The summed E-state index contributed by atoms with van der Waals surface area (Å²) in [6.45, 7) is 9.79. The monoisotopic (exact) mass is 283 g/mol. The van der Waals surface area contributed by atoms with Gasteiger partial charge in [-0.2, -0.15) is 0 Å². The van der Waals surface area contributed by atoms with Gasteiger partial charge in [-0.05, 0) is 13.5 Å². The van der Waals surface area contributed by atoms with Crippen molar-refractivity contribution in [2.24, 2.45) is 5.92 Å². The predicted molar refractivity (Wildman–Crippen MR) is 80.6 cm³/mol. The van der Waals surface area contributed by atoms with E-state index < -0.39 is 0 Å². The van der Waals surface area contributed by atoms with Crippen LogP contribution < -0.4 is 5.32 Å². The fraction of sp³-hybridized carbons (Fsp3) is 0.867. The molecule has 1 saturated heterocycles. The number of rotatable bonds is 8. The quantitative estimate of drug-likeness (QED) is 0.714. The normalized spacial score (nSPS) is 17.4. The molecule has 1 amide bonds. The number of carbonyl (C=O) groups is 2. The molecular formula is C15H29N3O2. The van der Waals surface area contributed by atoms with Gasteiger partial charge in [0.2, 0.25) is 5.91 Å². The highest BCUT2D eigenvalue weighted by atomic mass is 16.1. The highest BCUT2D eigenvalue weighted by Crippen LogP contribution is 2.04. The third-order valence-electron chi connectivity index (χ3n) is 3.82. The summed E-state index contributed by atoms with van der Waals surface area (Å²) in [5.41, 5.74) is 0. The summed E-state index contributed by atoms with van der Waals surface area (Å²) in [7, 11) is 2.14. The van der Waals surface area contributed by atoms with Gasteiger partial charge in [0.25, 0.3) is 0 Å². The van der Waals surface area contributed by atoms with E-state index in [1.54, 1.807) is 0 Å². The van der Waals surface area contributed by atoms with Crippen molar-refractivity contribution in [2.75, 3.05) is 46.3 Å². The molecule has 0 unspecified atom stereocenters. The van der Waals surface area contributed by atoms with Crippen LogP contribution in [0.15, 0.2) is 0 Å². The molecular weight excluding hydrogens is 254 g/mol. The minimum Gasteiger partial charge on any atom is -0.355 e. The van der Waals surface area contributed by atoms with Gasteiger partial charge in [-0.1, -0.05) is 13.8 Å². The number of nitrogens with zero attached hydrogens (tertiary/aromatic N) is 2. The molecule has 116 valence electrons. The fourth-order valence-corrected chi connectivity index (χ4v) is 2.23. The molecule has 0 bridgehead atoms. The van der Waals surface area contributed by atoms with E-state index in [9.17, 15) is 9.59 Å². The van der Waals surface area contributed by atoms with Gasteiger partial charge in [-0.15, -0.1) is 0 Å². The van der Waals surface area contributed by atoms with E-state index in [4.69, 9.17) is 0 Å². The first-order valence-electron chi connectivity index (χ1n) is 7.69. The van der Waals surface area contributed by atoms with Gasteiger partial charge in [0, 0.05) is 58.0 Å². The van der Waals surface area contributed by atoms with Gasteiger partial charge in [-0.25, -0.2) is 0 Å². The van der Waals surface area contributed by atoms with Gasteiger partial charge in [0.15, 0.2) is 0 Å². The van der Waals surface area contributed by atoms with Crippen molar-refractivity contribution < 1.29 is 9.59 Å². The molecule has 20 heavy (non-hydrogen) atoms. The van der Waals surface area contributed by atoms with E-state index >= 15 is 0 Å². The number of piperazine rings is 1. The molecule has 5 nitrogen and oxygen atoms in total. The molecule has 0 aromatic rings. The first kappa shape index (κ1) is 17.1. The van der Waals surface area contributed by atoms with Crippen LogP contribution in [0.25, 0.3) is 0 Å². The van der Waals surface area contributed by atoms with Crippen molar-refractivity contribution in [3.05, 3.63) is 0 Å². The maximum absolute atomic E-state index is 11.6. The Morgan fingerprint density at radius 1 is 1.10 bits per heavy atom. The lowest BCUT2D eigenvalue weighted by molar-refractivity contribution is -0.122. The molecule has 0 aromatic carbocycles. The van der Waals surface area contributed by atoms with Crippen LogP contribution in [0.3, 0.4) is 0 Å². The smallest absolute Gasteiger partial charge is 0.220 e. The van der Waals surface area contributed by atoms with Crippen LogP contribution in [0.4, 0.5) is 0 Å². The molecule has 1 rings (SSSR count). The van der Waals surface area contributed by atoms with Crippen molar-refractivity contribution in [3.63, 3.8) is 0 Å². The molecule has 1 fully saturated rings. The lowest BCUT2D eigenvalue weighted by Crippen LogP contribution is -2.46. The van der Waals surface area contributed by atoms with Crippen LogP contribution in [0.2, 0.25) is 0 Å². The minimum absolute atomic E-state index is 0.0654. The van der Waals surface area contributed by atoms with E-state index in [-0.39, 0.29) is 17.6 Å². The molecule has 0 atom stereocenters. The maximum Gasteiger partial charge on any atom is 0.220 e. The fourth-order valence-electron chi connectivity index (χ4n) is 2.23. The van der Waals surface area contributed by atoms with Gasteiger partial charge in [0.05, 0.1) is 0 Å². The highest BCUT2D eigenvalue weighted by Gasteiger charge is 2.13. The summed E-state index contributed by atoms with van der Waals surface area (Å²) in [6, 6.07) is 0. The van der Waals surface area contributed by atoms with Gasteiger partial charge >= 0.3 is 0 Å². The Bertz CT molecular complexity index is 310. The van der Waals surface area contributed by atoms with Crippen molar-refractivity contribution in [1.29, 1.82) is 0 Å². The molecule has 0 radical (unpaired) electrons. The number of amides is 1. The Hall–Kier alpha value is -0.940. The van der Waals surface area contributed by atoms with E-state index in [0.29, 0.717) is 25.8 Å². The zero-order valence-electron chi connectivity index (χ0n) is 13.2. The number of carbonyl (C=O) groups excluding carboxylic acids is 2. The number of likely N-dealkylation sites (N-methyl/N-ethyl adjacent to an activating group) is 1. The van der Waals surface area contributed by atoms with Crippen LogP contribution in [-0.4, -0.2) is 67.8 Å². The second-order valence-electron chi connectivity index (χ2n) is 5.97. The standard InChI is InChI=1S/C15H29N3O2/c1-13(2)14(19)5-4-6-15(20)16-7-8-18-11-9-17(3)10-12-18/h13H,4-12H2,1-3H3,(H,16,20). The Balaban J connectivity index is 2.01. The van der Waals surface area contributed by atoms with Crippen molar-refractivity contribution in [1.82, 2.24) is 15.1 Å². The zero-order chi connectivity index (χ0) is 15.0. The predicted octanol–water partition coefficient (Wildman–Crippen LogP) is 0.745. The molecule has 0 saturated carbocycles. The molecule has 0 aromatic heterocycles. The van der Waals surface area contributed by atoms with E-state index in [2.05, 4.69) is 22.2 Å². The highest BCUT2D eigenvalue weighted by molar-refractivity contribution is 5.81. The van der Waals surface area contributed by atoms with Crippen LogP contribution in [0, 0.1) is 5.92 Å². The Morgan fingerprint density at radius 3 is 2.35 bits per heavy atom. The van der Waals surface area contributed by atoms with Crippen LogP contribution >= 0.6 is 0 Å². The van der Waals surface area contributed by atoms with Crippen LogP contribution in [-0.2, 0) is 9.59 Å². The lowest BCUT2D eigenvalue weighted by Gasteiger charge is -2.32. The van der Waals surface area contributed by atoms with Crippen LogP contribution in [0.1, 0.15) is 33.1 Å². The Labute approximate surface area is 122 Å². The number of Topliss-reactive ketones (excluding diaryl/α,β-unsaturated/α-hetero) is 1. The summed E-state index contributed by atoms with van der Waals surface area (Å²) in [5, 5.41) is 2.94. The average Bonchev–Trinajstić information content (AvgIpc) is 2.40. The molecule has 0 aliphatic carbocycles. The topological polar surface area (TPSA) is 52.7 Å². The van der Waals surface area contributed by atoms with Crippen molar-refractivity contribution >= 4 is 11.7 Å². The summed E-state index contributed by atoms with van der Waals surface area (Å²) in [6.07, 6.45) is 1.64. The summed E-state index contributed by atoms with van der Waals surface area (Å²) in [4.78, 5) is 27.8. The molecule has 5 heteroatoms. The SMILES string of the molecule is CC(C)C(=O)CCCC(=O)NCCN1CCN(C)CC1. The van der Waals surface area contributed by atoms with Gasteiger partial charge in [0.1, 0.15) is 5.78 Å². The van der Waals surface area contributed by atoms with Crippen molar-refractivity contribution in [3.8, 4) is 0 Å². The summed E-state index contributed by atoms with van der Waals surface area (Å²) < 4.78 is 0. The van der Waals surface area contributed by atoms with E-state index in [1.165, 1.54) is 0 Å². The summed E-state index contributed by atoms with van der Waals surface area (Å²) in [5.74, 6) is 0.390. The Morgan fingerprint density at radius 2 is 1.75 bits per heavy atom. The molecule has 0 spiro atoms. The first-order chi connectivity index (χ1) is 9.49. The zero-order valence-corrected chi connectivity index (χ0v) is 13.2. The molecule has 1 N–H and O–H groups in total. The average molecular weight is 283 g/mol. The van der Waals surface area contributed by atoms with Crippen molar-refractivity contribution in [2.45, 2.75) is 33.1 Å². The summed E-state index contributed by atoms with van der Waals surface area (Å²) >= 11 is 0. The minimum atomic E-state index is 0.0654. The number of nitrogens with one attached hydrogen (secondary N) is 1. The maximum atomic E-state index is 11.6. The third kappa shape index (κ3) is 7.01. The molecule has 1 aliphatic heterocycles. The van der Waals surface area contributed by atoms with Gasteiger partial charge < -0.3 is 10.2 Å². The molecule has 1 aliphatic rings.